The van der Waals surface area contributed by atoms with Crippen molar-refractivity contribution in [3.63, 3.8) is 0 Å². The smallest absolute Gasteiger partial charge is 0.225 e. The van der Waals surface area contributed by atoms with Gasteiger partial charge in [0.25, 0.3) is 0 Å². The predicted octanol–water partition coefficient (Wildman–Crippen LogP) is 3.27. The Hall–Kier alpha value is -2.08. The van der Waals surface area contributed by atoms with Gasteiger partial charge in [-0.25, -0.2) is 0 Å². The highest BCUT2D eigenvalue weighted by molar-refractivity contribution is 5.80. The lowest BCUT2D eigenvalue weighted by Gasteiger charge is -2.44. The van der Waals surface area contributed by atoms with Crippen LogP contribution in [0.2, 0.25) is 0 Å². The maximum atomic E-state index is 13.3. The number of piperazine rings is 1. The van der Waals surface area contributed by atoms with Crippen LogP contribution in [0.25, 0.3) is 0 Å². The van der Waals surface area contributed by atoms with Gasteiger partial charge in [0, 0.05) is 57.0 Å². The summed E-state index contributed by atoms with van der Waals surface area (Å²) in [6.07, 6.45) is 3.99. The second kappa shape index (κ2) is 11.0. The molecular formula is C25H39N3O3. The van der Waals surface area contributed by atoms with Crippen LogP contribution in [-0.2, 0) is 9.59 Å². The zero-order valence-electron chi connectivity index (χ0n) is 19.5. The third-order valence-corrected chi connectivity index (χ3v) is 6.98. The summed E-state index contributed by atoms with van der Waals surface area (Å²) in [5, 5.41) is 0. The molecule has 2 aliphatic heterocycles. The number of hydrogen-bond acceptors (Lipinski definition) is 4. The Morgan fingerprint density at radius 2 is 1.68 bits per heavy atom. The third kappa shape index (κ3) is 6.22. The molecule has 2 amide bonds. The second-order valence-corrected chi connectivity index (χ2v) is 9.34. The van der Waals surface area contributed by atoms with Gasteiger partial charge in [0.05, 0.1) is 6.61 Å². The Kier molecular flexibility index (Phi) is 8.35. The topological polar surface area (TPSA) is 53.1 Å². The SMILES string of the molecule is CCC(CC)C(=O)N1CCC[C@@](COc2ccccc2)(CC(=O)N2CCN(C)CC2)C1. The highest BCUT2D eigenvalue weighted by atomic mass is 16.5. The van der Waals surface area contributed by atoms with E-state index in [9.17, 15) is 9.59 Å². The van der Waals surface area contributed by atoms with Crippen LogP contribution < -0.4 is 4.74 Å². The first-order valence-electron chi connectivity index (χ1n) is 11.9. The molecule has 0 unspecified atom stereocenters. The average Bonchev–Trinajstić information content (AvgIpc) is 2.80. The summed E-state index contributed by atoms with van der Waals surface area (Å²) in [5.74, 6) is 1.32. The highest BCUT2D eigenvalue weighted by Gasteiger charge is 2.41. The molecule has 0 N–H and O–H groups in total. The summed E-state index contributed by atoms with van der Waals surface area (Å²) in [7, 11) is 2.10. The summed E-state index contributed by atoms with van der Waals surface area (Å²) >= 11 is 0. The minimum atomic E-state index is -0.337. The van der Waals surface area contributed by atoms with Crippen LogP contribution in [0.1, 0.15) is 46.0 Å². The van der Waals surface area contributed by atoms with Gasteiger partial charge in [-0.1, -0.05) is 32.0 Å². The largest absolute Gasteiger partial charge is 0.493 e. The van der Waals surface area contributed by atoms with Gasteiger partial charge in [0.15, 0.2) is 0 Å². The lowest BCUT2D eigenvalue weighted by molar-refractivity contribution is -0.145. The zero-order valence-corrected chi connectivity index (χ0v) is 19.5. The van der Waals surface area contributed by atoms with Crippen LogP contribution in [0.4, 0.5) is 0 Å². The molecule has 2 fully saturated rings. The van der Waals surface area contributed by atoms with Gasteiger partial charge in [-0.2, -0.15) is 0 Å². The van der Waals surface area contributed by atoms with E-state index in [1.54, 1.807) is 0 Å². The molecule has 31 heavy (non-hydrogen) atoms. The third-order valence-electron chi connectivity index (χ3n) is 6.98. The number of carbonyl (C=O) groups excluding carboxylic acids is 2. The number of carbonyl (C=O) groups is 2. The van der Waals surface area contributed by atoms with Gasteiger partial charge in [0.1, 0.15) is 5.75 Å². The van der Waals surface area contributed by atoms with Gasteiger partial charge in [-0.3, -0.25) is 9.59 Å². The first kappa shape index (κ1) is 23.6. The van der Waals surface area contributed by atoms with Crippen molar-refractivity contribution in [3.8, 4) is 5.75 Å². The summed E-state index contributed by atoms with van der Waals surface area (Å²) in [6.45, 7) is 9.40. The molecule has 172 valence electrons. The Labute approximate surface area is 187 Å². The molecule has 0 spiro atoms. The Bertz CT molecular complexity index is 714. The van der Waals surface area contributed by atoms with Crippen molar-refractivity contribution in [1.82, 2.24) is 14.7 Å². The summed E-state index contributed by atoms with van der Waals surface area (Å²) in [6, 6.07) is 9.79. The first-order chi connectivity index (χ1) is 15.0. The summed E-state index contributed by atoms with van der Waals surface area (Å²) in [5.41, 5.74) is -0.337. The van der Waals surface area contributed by atoms with Gasteiger partial charge < -0.3 is 19.4 Å². The van der Waals surface area contributed by atoms with E-state index >= 15 is 0 Å². The first-order valence-corrected chi connectivity index (χ1v) is 11.9. The molecule has 0 aliphatic carbocycles. The number of amides is 2. The number of piperidine rings is 1. The molecule has 1 atom stereocenters. The lowest BCUT2D eigenvalue weighted by atomic mass is 9.76. The van der Waals surface area contributed by atoms with Gasteiger partial charge in [-0.15, -0.1) is 0 Å². The maximum Gasteiger partial charge on any atom is 0.225 e. The van der Waals surface area contributed by atoms with Crippen LogP contribution >= 0.6 is 0 Å². The molecule has 0 radical (unpaired) electrons. The van der Waals surface area contributed by atoms with Crippen LogP contribution in [-0.4, -0.2) is 79.4 Å². The summed E-state index contributed by atoms with van der Waals surface area (Å²) in [4.78, 5) is 32.6. The number of nitrogens with zero attached hydrogens (tertiary/aromatic N) is 3. The van der Waals surface area contributed by atoms with Crippen LogP contribution in [0.5, 0.6) is 5.75 Å². The van der Waals surface area contributed by atoms with Crippen LogP contribution in [0, 0.1) is 11.3 Å². The molecule has 2 saturated heterocycles. The van der Waals surface area contributed by atoms with Crippen molar-refractivity contribution in [3.05, 3.63) is 30.3 Å². The van der Waals surface area contributed by atoms with E-state index in [0.717, 1.165) is 64.2 Å². The van der Waals surface area contributed by atoms with E-state index in [0.29, 0.717) is 19.6 Å². The Morgan fingerprint density at radius 3 is 2.32 bits per heavy atom. The van der Waals surface area contributed by atoms with E-state index in [1.807, 2.05) is 40.1 Å². The molecule has 3 rings (SSSR count). The van der Waals surface area contributed by atoms with E-state index in [1.165, 1.54) is 0 Å². The van der Waals surface area contributed by atoms with Crippen LogP contribution in [0.3, 0.4) is 0 Å². The van der Waals surface area contributed by atoms with Crippen molar-refractivity contribution in [2.75, 3.05) is 52.9 Å². The maximum absolute atomic E-state index is 13.3. The number of benzene rings is 1. The molecule has 0 aromatic heterocycles. The molecule has 6 nitrogen and oxygen atoms in total. The van der Waals surface area contributed by atoms with Crippen molar-refractivity contribution >= 4 is 11.8 Å². The van der Waals surface area contributed by atoms with E-state index in [2.05, 4.69) is 25.8 Å². The molecule has 6 heteroatoms. The fraction of sp³-hybridized carbons (Fsp3) is 0.680. The lowest BCUT2D eigenvalue weighted by Crippen LogP contribution is -2.53. The van der Waals surface area contributed by atoms with E-state index in [4.69, 9.17) is 4.74 Å². The second-order valence-electron chi connectivity index (χ2n) is 9.34. The quantitative estimate of drug-likeness (QED) is 0.636. The number of rotatable bonds is 8. The fourth-order valence-electron chi connectivity index (χ4n) is 4.85. The zero-order chi connectivity index (χ0) is 22.3. The van der Waals surface area contributed by atoms with Crippen molar-refractivity contribution in [2.24, 2.45) is 11.3 Å². The van der Waals surface area contributed by atoms with Gasteiger partial charge in [0.2, 0.25) is 11.8 Å². The number of ether oxygens (including phenoxy) is 1. The van der Waals surface area contributed by atoms with E-state index in [-0.39, 0.29) is 23.1 Å². The predicted molar refractivity (Wildman–Crippen MR) is 123 cm³/mol. The molecule has 0 saturated carbocycles. The normalized spacial score (nSPS) is 22.6. The molecule has 0 bridgehead atoms. The Balaban J connectivity index is 1.74. The van der Waals surface area contributed by atoms with Crippen molar-refractivity contribution in [2.45, 2.75) is 46.0 Å². The van der Waals surface area contributed by atoms with Crippen molar-refractivity contribution in [1.29, 1.82) is 0 Å². The monoisotopic (exact) mass is 429 g/mol. The van der Waals surface area contributed by atoms with Gasteiger partial charge in [-0.05, 0) is 44.9 Å². The van der Waals surface area contributed by atoms with Gasteiger partial charge >= 0.3 is 0 Å². The molecule has 2 heterocycles. The number of likely N-dealkylation sites (N-methyl/N-ethyl adjacent to an activating group) is 1. The molecule has 2 aliphatic rings. The van der Waals surface area contributed by atoms with Crippen molar-refractivity contribution < 1.29 is 14.3 Å². The Morgan fingerprint density at radius 1 is 1.00 bits per heavy atom. The highest BCUT2D eigenvalue weighted by Crippen LogP contribution is 2.36. The standard InChI is InChI=1S/C25H39N3O3/c1-4-21(5-2)24(30)28-13-9-12-25(19-28,20-31-22-10-7-6-8-11-22)18-23(29)27-16-14-26(3)15-17-27/h6-8,10-11,21H,4-5,9,12-20H2,1-3H3/t25-/m1/s1. The average molecular weight is 430 g/mol. The molecular weight excluding hydrogens is 390 g/mol. The summed E-state index contributed by atoms with van der Waals surface area (Å²) < 4.78 is 6.18. The number of likely N-dealkylation sites (tertiary alicyclic amines) is 1. The number of hydrogen-bond donors (Lipinski definition) is 0. The minimum Gasteiger partial charge on any atom is -0.493 e. The molecule has 1 aromatic rings. The fourth-order valence-corrected chi connectivity index (χ4v) is 4.85. The minimum absolute atomic E-state index is 0.0687. The molecule has 1 aromatic carbocycles. The van der Waals surface area contributed by atoms with E-state index < -0.39 is 0 Å². The number of para-hydroxylation sites is 1. The van der Waals surface area contributed by atoms with Crippen LogP contribution in [0.15, 0.2) is 30.3 Å².